The minimum absolute atomic E-state index is 0.173. The SMILES string of the molecule is CCCCCN(C(=O)C(NC(=O)OC(C)(C)C)C(C)CC)C(C(=O)Nc1c(C)cccc1C)c1ccccc1C. The van der Waals surface area contributed by atoms with Crippen LogP contribution in [0, 0.1) is 26.7 Å². The van der Waals surface area contributed by atoms with Crippen LogP contribution in [0.3, 0.4) is 0 Å². The molecule has 0 bridgehead atoms. The Bertz CT molecular complexity index is 1130. The van der Waals surface area contributed by atoms with Gasteiger partial charge >= 0.3 is 6.09 Å². The Morgan fingerprint density at radius 2 is 1.50 bits per heavy atom. The van der Waals surface area contributed by atoms with Crippen molar-refractivity contribution in [3.05, 3.63) is 64.7 Å². The van der Waals surface area contributed by atoms with Crippen LogP contribution in [0.15, 0.2) is 42.5 Å². The van der Waals surface area contributed by atoms with Gasteiger partial charge in [0.15, 0.2) is 0 Å². The molecule has 0 saturated carbocycles. The van der Waals surface area contributed by atoms with Crippen molar-refractivity contribution < 1.29 is 19.1 Å². The Morgan fingerprint density at radius 3 is 2.05 bits per heavy atom. The number of hydrogen-bond donors (Lipinski definition) is 2. The van der Waals surface area contributed by atoms with Crippen LogP contribution in [0.1, 0.15) is 95.5 Å². The van der Waals surface area contributed by atoms with E-state index < -0.39 is 23.8 Å². The molecule has 0 spiro atoms. The molecule has 2 N–H and O–H groups in total. The zero-order valence-electron chi connectivity index (χ0n) is 25.9. The quantitative estimate of drug-likeness (QED) is 0.272. The van der Waals surface area contributed by atoms with E-state index >= 15 is 0 Å². The molecule has 0 aromatic heterocycles. The van der Waals surface area contributed by atoms with Gasteiger partial charge in [0, 0.05) is 12.2 Å². The Labute approximate surface area is 241 Å². The highest BCUT2D eigenvalue weighted by atomic mass is 16.6. The van der Waals surface area contributed by atoms with Crippen LogP contribution in [-0.4, -0.2) is 41.0 Å². The van der Waals surface area contributed by atoms with Crippen LogP contribution in [0.5, 0.6) is 0 Å². The number of aryl methyl sites for hydroxylation is 3. The van der Waals surface area contributed by atoms with Gasteiger partial charge in [-0.3, -0.25) is 9.59 Å². The lowest BCUT2D eigenvalue weighted by Gasteiger charge is -2.36. The summed E-state index contributed by atoms with van der Waals surface area (Å²) in [4.78, 5) is 43.1. The predicted molar refractivity (Wildman–Crippen MR) is 162 cm³/mol. The summed E-state index contributed by atoms with van der Waals surface area (Å²) < 4.78 is 5.51. The summed E-state index contributed by atoms with van der Waals surface area (Å²) in [5.41, 5.74) is 3.61. The van der Waals surface area contributed by atoms with E-state index in [1.54, 1.807) is 25.7 Å². The van der Waals surface area contributed by atoms with Gasteiger partial charge in [-0.15, -0.1) is 0 Å². The summed E-state index contributed by atoms with van der Waals surface area (Å²) in [6.07, 6.45) is 2.64. The number of unbranched alkanes of at least 4 members (excludes halogenated alkanes) is 2. The molecule has 2 rings (SSSR count). The molecule has 3 atom stereocenters. The lowest BCUT2D eigenvalue weighted by atomic mass is 9.94. The van der Waals surface area contributed by atoms with Crippen molar-refractivity contribution >= 4 is 23.6 Å². The number of alkyl carbamates (subject to hydrolysis) is 1. The number of anilines is 1. The van der Waals surface area contributed by atoms with Gasteiger partial charge in [-0.2, -0.15) is 0 Å². The third-order valence-corrected chi connectivity index (χ3v) is 7.21. The van der Waals surface area contributed by atoms with Crippen LogP contribution in [0.25, 0.3) is 0 Å². The third-order valence-electron chi connectivity index (χ3n) is 7.21. The van der Waals surface area contributed by atoms with Crippen LogP contribution in [-0.2, 0) is 14.3 Å². The lowest BCUT2D eigenvalue weighted by Crippen LogP contribution is -2.55. The van der Waals surface area contributed by atoms with Crippen molar-refractivity contribution in [1.82, 2.24) is 10.2 Å². The second-order valence-corrected chi connectivity index (χ2v) is 11.8. The number of para-hydroxylation sites is 1. The summed E-state index contributed by atoms with van der Waals surface area (Å²) >= 11 is 0. The molecule has 0 radical (unpaired) electrons. The monoisotopic (exact) mass is 551 g/mol. The molecule has 0 aliphatic carbocycles. The normalized spacial score (nSPS) is 13.6. The van der Waals surface area contributed by atoms with Gasteiger partial charge in [0.25, 0.3) is 5.91 Å². The van der Waals surface area contributed by atoms with Gasteiger partial charge in [0.2, 0.25) is 5.91 Å². The number of benzene rings is 2. The molecule has 0 saturated heterocycles. The highest BCUT2D eigenvalue weighted by molar-refractivity contribution is 6.00. The molecule has 0 aliphatic heterocycles. The second-order valence-electron chi connectivity index (χ2n) is 11.8. The van der Waals surface area contributed by atoms with Crippen molar-refractivity contribution in [2.24, 2.45) is 5.92 Å². The fourth-order valence-corrected chi connectivity index (χ4v) is 4.74. The third kappa shape index (κ3) is 9.10. The molecule has 3 unspecified atom stereocenters. The summed E-state index contributed by atoms with van der Waals surface area (Å²) in [7, 11) is 0. The maximum Gasteiger partial charge on any atom is 0.408 e. The fourth-order valence-electron chi connectivity index (χ4n) is 4.74. The van der Waals surface area contributed by atoms with E-state index in [9.17, 15) is 14.4 Å². The van der Waals surface area contributed by atoms with Crippen molar-refractivity contribution in [3.63, 3.8) is 0 Å². The summed E-state index contributed by atoms with van der Waals surface area (Å²) in [6.45, 7) is 17.6. The number of rotatable bonds is 12. The molecule has 7 heteroatoms. The van der Waals surface area contributed by atoms with Gasteiger partial charge in [0.1, 0.15) is 17.7 Å². The van der Waals surface area contributed by atoms with Gasteiger partial charge in [0.05, 0.1) is 0 Å². The number of amides is 3. The maximum absolute atomic E-state index is 14.4. The standard InChI is InChI=1S/C33H49N3O4/c1-10-12-15-21-36(31(38)28(22(3)11-2)35-32(39)40-33(7,8)9)29(26-20-14-13-17-23(26)4)30(37)34-27-24(5)18-16-19-25(27)6/h13-14,16-20,22,28-29H,10-12,15,21H2,1-9H3,(H,34,37)(H,35,39). The zero-order valence-corrected chi connectivity index (χ0v) is 25.9. The first-order valence-electron chi connectivity index (χ1n) is 14.5. The maximum atomic E-state index is 14.4. The van der Waals surface area contributed by atoms with Crippen molar-refractivity contribution in [3.8, 4) is 0 Å². The Morgan fingerprint density at radius 1 is 0.900 bits per heavy atom. The largest absolute Gasteiger partial charge is 0.444 e. The molecular formula is C33H49N3O4. The first kappa shape index (κ1) is 32.9. The first-order chi connectivity index (χ1) is 18.8. The first-order valence-corrected chi connectivity index (χ1v) is 14.5. The summed E-state index contributed by atoms with van der Waals surface area (Å²) in [5.74, 6) is -0.745. The van der Waals surface area contributed by atoms with Gasteiger partial charge < -0.3 is 20.3 Å². The van der Waals surface area contributed by atoms with Crippen molar-refractivity contribution in [2.45, 2.75) is 106 Å². The van der Waals surface area contributed by atoms with E-state index in [2.05, 4.69) is 17.6 Å². The van der Waals surface area contributed by atoms with E-state index in [0.717, 1.165) is 47.2 Å². The number of hydrogen-bond acceptors (Lipinski definition) is 4. The van der Waals surface area contributed by atoms with Gasteiger partial charge in [-0.05, 0) is 76.1 Å². The topological polar surface area (TPSA) is 87.7 Å². The molecule has 3 amide bonds. The fraction of sp³-hybridized carbons (Fsp3) is 0.545. The molecule has 0 heterocycles. The number of carbonyl (C=O) groups is 3. The minimum atomic E-state index is -0.878. The lowest BCUT2D eigenvalue weighted by molar-refractivity contribution is -0.142. The smallest absolute Gasteiger partial charge is 0.408 e. The molecule has 0 aliphatic rings. The van der Waals surface area contributed by atoms with E-state index in [4.69, 9.17) is 4.74 Å². The summed E-state index contributed by atoms with van der Waals surface area (Å²) in [5, 5.41) is 5.98. The van der Waals surface area contributed by atoms with Gasteiger partial charge in [-0.1, -0.05) is 82.5 Å². The Kier molecular flexibility index (Phi) is 12.2. The van der Waals surface area contributed by atoms with Crippen LogP contribution >= 0.6 is 0 Å². The number of nitrogens with zero attached hydrogens (tertiary/aromatic N) is 1. The average molecular weight is 552 g/mol. The number of carbonyl (C=O) groups excluding carboxylic acids is 3. The van der Waals surface area contributed by atoms with Crippen molar-refractivity contribution in [2.75, 3.05) is 11.9 Å². The average Bonchev–Trinajstić information content (AvgIpc) is 2.88. The van der Waals surface area contributed by atoms with Crippen LogP contribution < -0.4 is 10.6 Å². The zero-order chi connectivity index (χ0) is 30.0. The van der Waals surface area contributed by atoms with E-state index in [-0.39, 0.29) is 17.7 Å². The van der Waals surface area contributed by atoms with Crippen LogP contribution in [0.2, 0.25) is 0 Å². The number of ether oxygens (including phenoxy) is 1. The molecule has 40 heavy (non-hydrogen) atoms. The van der Waals surface area contributed by atoms with Crippen LogP contribution in [0.4, 0.5) is 10.5 Å². The number of nitrogens with one attached hydrogen (secondary N) is 2. The van der Waals surface area contributed by atoms with Crippen molar-refractivity contribution in [1.29, 1.82) is 0 Å². The van der Waals surface area contributed by atoms with E-state index in [1.165, 1.54) is 0 Å². The molecule has 2 aromatic carbocycles. The molecule has 7 nitrogen and oxygen atoms in total. The van der Waals surface area contributed by atoms with E-state index in [1.807, 2.05) is 77.1 Å². The highest BCUT2D eigenvalue weighted by Gasteiger charge is 2.38. The molecule has 0 fully saturated rings. The highest BCUT2D eigenvalue weighted by Crippen LogP contribution is 2.30. The second kappa shape index (κ2) is 14.9. The summed E-state index contributed by atoms with van der Waals surface area (Å²) in [6, 6.07) is 11.8. The molecule has 220 valence electrons. The van der Waals surface area contributed by atoms with E-state index in [0.29, 0.717) is 13.0 Å². The Hall–Kier alpha value is -3.35. The minimum Gasteiger partial charge on any atom is -0.444 e. The molecule has 2 aromatic rings. The predicted octanol–water partition coefficient (Wildman–Crippen LogP) is 7.25. The van der Waals surface area contributed by atoms with Gasteiger partial charge in [-0.25, -0.2) is 4.79 Å². The molecular weight excluding hydrogens is 502 g/mol. The Balaban J connectivity index is 2.61.